The molecule has 0 saturated carbocycles. The normalized spacial score (nSPS) is 18.4. The number of hydrogen-bond donors (Lipinski definition) is 0. The van der Waals surface area contributed by atoms with E-state index in [0.717, 1.165) is 13.1 Å². The third-order valence-electron chi connectivity index (χ3n) is 3.80. The Hall–Kier alpha value is -1.00. The molecular weight excluding hydrogens is 258 g/mol. The summed E-state index contributed by atoms with van der Waals surface area (Å²) in [7, 11) is 0. The van der Waals surface area contributed by atoms with Gasteiger partial charge in [0, 0.05) is 18.0 Å². The van der Waals surface area contributed by atoms with Crippen LogP contribution in [0.4, 0.5) is 0 Å². The standard InChI is InChI=1S/C15H19NO2S/c17-15(16-6-8-18-9-7-16)11-19-14-5-4-12-2-1-3-13(12)10-14/h4-5,10H,1-3,6-9,11H2. The second-order valence-corrected chi connectivity index (χ2v) is 6.11. The summed E-state index contributed by atoms with van der Waals surface area (Å²) in [5, 5.41) is 0. The molecule has 2 aliphatic rings. The predicted octanol–water partition coefficient (Wildman–Crippen LogP) is 2.13. The van der Waals surface area contributed by atoms with E-state index >= 15 is 0 Å². The molecule has 3 nitrogen and oxygen atoms in total. The largest absolute Gasteiger partial charge is 0.378 e. The maximum Gasteiger partial charge on any atom is 0.233 e. The van der Waals surface area contributed by atoms with Gasteiger partial charge in [0.2, 0.25) is 5.91 Å². The fourth-order valence-electron chi connectivity index (χ4n) is 2.69. The molecule has 3 rings (SSSR count). The van der Waals surface area contributed by atoms with E-state index in [1.165, 1.54) is 35.3 Å². The van der Waals surface area contributed by atoms with Crippen molar-refractivity contribution in [1.29, 1.82) is 0 Å². The van der Waals surface area contributed by atoms with Gasteiger partial charge in [-0.1, -0.05) is 6.07 Å². The Labute approximate surface area is 118 Å². The molecule has 0 N–H and O–H groups in total. The zero-order valence-electron chi connectivity index (χ0n) is 11.1. The number of fused-ring (bicyclic) bond motifs is 1. The molecule has 1 amide bonds. The van der Waals surface area contributed by atoms with E-state index < -0.39 is 0 Å². The smallest absolute Gasteiger partial charge is 0.233 e. The number of nitrogens with zero attached hydrogens (tertiary/aromatic N) is 1. The fourth-order valence-corrected chi connectivity index (χ4v) is 3.55. The summed E-state index contributed by atoms with van der Waals surface area (Å²) in [6.07, 6.45) is 3.68. The molecule has 102 valence electrons. The highest BCUT2D eigenvalue weighted by atomic mass is 32.2. The molecule has 0 radical (unpaired) electrons. The molecule has 0 bridgehead atoms. The van der Waals surface area contributed by atoms with Gasteiger partial charge in [-0.25, -0.2) is 0 Å². The first-order chi connectivity index (χ1) is 9.33. The van der Waals surface area contributed by atoms with Crippen LogP contribution in [0.5, 0.6) is 0 Å². The lowest BCUT2D eigenvalue weighted by Gasteiger charge is -2.26. The van der Waals surface area contributed by atoms with Crippen molar-refractivity contribution in [3.05, 3.63) is 29.3 Å². The van der Waals surface area contributed by atoms with E-state index in [-0.39, 0.29) is 5.91 Å². The van der Waals surface area contributed by atoms with Gasteiger partial charge in [-0.15, -0.1) is 11.8 Å². The molecule has 4 heteroatoms. The number of rotatable bonds is 3. The van der Waals surface area contributed by atoms with Crippen molar-refractivity contribution in [3.63, 3.8) is 0 Å². The lowest BCUT2D eigenvalue weighted by molar-refractivity contribution is -0.132. The van der Waals surface area contributed by atoms with Gasteiger partial charge in [0.15, 0.2) is 0 Å². The zero-order valence-corrected chi connectivity index (χ0v) is 11.9. The van der Waals surface area contributed by atoms with Gasteiger partial charge in [-0.05, 0) is 42.5 Å². The van der Waals surface area contributed by atoms with Crippen LogP contribution >= 0.6 is 11.8 Å². The molecule has 1 heterocycles. The van der Waals surface area contributed by atoms with Crippen molar-refractivity contribution < 1.29 is 9.53 Å². The summed E-state index contributed by atoms with van der Waals surface area (Å²) in [6, 6.07) is 6.64. The van der Waals surface area contributed by atoms with Gasteiger partial charge >= 0.3 is 0 Å². The number of ether oxygens (including phenoxy) is 1. The minimum absolute atomic E-state index is 0.230. The average Bonchev–Trinajstić information content (AvgIpc) is 2.93. The van der Waals surface area contributed by atoms with Gasteiger partial charge in [0.25, 0.3) is 0 Å². The Bertz CT molecular complexity index is 469. The first-order valence-electron chi connectivity index (χ1n) is 6.93. The highest BCUT2D eigenvalue weighted by Crippen LogP contribution is 2.27. The number of morpholine rings is 1. The summed E-state index contributed by atoms with van der Waals surface area (Å²) in [4.78, 5) is 15.2. The van der Waals surface area contributed by atoms with Crippen LogP contribution in [0, 0.1) is 0 Å². The Balaban J connectivity index is 1.55. The van der Waals surface area contributed by atoms with Crippen molar-refractivity contribution in [1.82, 2.24) is 4.90 Å². The average molecular weight is 277 g/mol. The molecule has 1 fully saturated rings. The maximum absolute atomic E-state index is 12.1. The van der Waals surface area contributed by atoms with E-state index in [9.17, 15) is 4.79 Å². The van der Waals surface area contributed by atoms with Gasteiger partial charge < -0.3 is 9.64 Å². The van der Waals surface area contributed by atoms with Gasteiger partial charge in [0.1, 0.15) is 0 Å². The third kappa shape index (κ3) is 3.12. The van der Waals surface area contributed by atoms with Crippen LogP contribution in [0.3, 0.4) is 0 Å². The number of benzene rings is 1. The topological polar surface area (TPSA) is 29.5 Å². The van der Waals surface area contributed by atoms with Gasteiger partial charge in [-0.2, -0.15) is 0 Å². The molecule has 0 atom stereocenters. The molecular formula is C15H19NO2S. The second-order valence-electron chi connectivity index (χ2n) is 5.07. The molecule has 1 aromatic carbocycles. The fraction of sp³-hybridized carbons (Fsp3) is 0.533. The van der Waals surface area contributed by atoms with Crippen LogP contribution in [0.25, 0.3) is 0 Å². The zero-order chi connectivity index (χ0) is 13.1. The van der Waals surface area contributed by atoms with Gasteiger partial charge in [-0.3, -0.25) is 4.79 Å². The van der Waals surface area contributed by atoms with Crippen molar-refractivity contribution >= 4 is 17.7 Å². The van der Waals surface area contributed by atoms with Crippen LogP contribution in [0.1, 0.15) is 17.5 Å². The van der Waals surface area contributed by atoms with E-state index in [0.29, 0.717) is 19.0 Å². The number of aryl methyl sites for hydroxylation is 2. The molecule has 19 heavy (non-hydrogen) atoms. The number of carbonyl (C=O) groups is 1. The van der Waals surface area contributed by atoms with Crippen LogP contribution < -0.4 is 0 Å². The first kappa shape index (κ1) is 13.0. The molecule has 1 aliphatic carbocycles. The summed E-state index contributed by atoms with van der Waals surface area (Å²) in [6.45, 7) is 2.83. The lowest BCUT2D eigenvalue weighted by atomic mass is 10.1. The van der Waals surface area contributed by atoms with Crippen molar-refractivity contribution in [3.8, 4) is 0 Å². The van der Waals surface area contributed by atoms with E-state index in [4.69, 9.17) is 4.74 Å². The SMILES string of the molecule is O=C(CSc1ccc2c(c1)CCC2)N1CCOCC1. The highest BCUT2D eigenvalue weighted by molar-refractivity contribution is 8.00. The summed E-state index contributed by atoms with van der Waals surface area (Å²) >= 11 is 1.66. The predicted molar refractivity (Wildman–Crippen MR) is 76.6 cm³/mol. The molecule has 0 aromatic heterocycles. The first-order valence-corrected chi connectivity index (χ1v) is 7.91. The van der Waals surface area contributed by atoms with Crippen LogP contribution in [-0.2, 0) is 22.4 Å². The Morgan fingerprint density at radius 1 is 1.21 bits per heavy atom. The summed E-state index contributed by atoms with van der Waals surface area (Å²) < 4.78 is 5.26. The van der Waals surface area contributed by atoms with E-state index in [1.807, 2.05) is 4.90 Å². The van der Waals surface area contributed by atoms with Crippen LogP contribution in [-0.4, -0.2) is 42.9 Å². The molecule has 0 spiro atoms. The number of amides is 1. The van der Waals surface area contributed by atoms with Gasteiger partial charge in [0.05, 0.1) is 19.0 Å². The third-order valence-corrected chi connectivity index (χ3v) is 4.77. The monoisotopic (exact) mass is 277 g/mol. The molecule has 1 saturated heterocycles. The van der Waals surface area contributed by atoms with Crippen LogP contribution in [0.15, 0.2) is 23.1 Å². The second kappa shape index (κ2) is 5.97. The minimum Gasteiger partial charge on any atom is -0.378 e. The van der Waals surface area contributed by atoms with Crippen LogP contribution in [0.2, 0.25) is 0 Å². The lowest BCUT2D eigenvalue weighted by Crippen LogP contribution is -2.41. The maximum atomic E-state index is 12.1. The number of thioether (sulfide) groups is 1. The van der Waals surface area contributed by atoms with E-state index in [2.05, 4.69) is 18.2 Å². The molecule has 1 aromatic rings. The Morgan fingerprint density at radius 3 is 2.84 bits per heavy atom. The van der Waals surface area contributed by atoms with Crippen molar-refractivity contribution in [2.45, 2.75) is 24.2 Å². The van der Waals surface area contributed by atoms with E-state index in [1.54, 1.807) is 11.8 Å². The van der Waals surface area contributed by atoms with Crippen molar-refractivity contribution in [2.75, 3.05) is 32.1 Å². The Morgan fingerprint density at radius 2 is 2.00 bits per heavy atom. The summed E-state index contributed by atoms with van der Waals surface area (Å²) in [5.74, 6) is 0.771. The number of hydrogen-bond acceptors (Lipinski definition) is 3. The highest BCUT2D eigenvalue weighted by Gasteiger charge is 2.17. The Kier molecular flexibility index (Phi) is 4.09. The quantitative estimate of drug-likeness (QED) is 0.793. The number of carbonyl (C=O) groups excluding carboxylic acids is 1. The molecule has 0 unspecified atom stereocenters. The van der Waals surface area contributed by atoms with Crippen molar-refractivity contribution in [2.24, 2.45) is 0 Å². The minimum atomic E-state index is 0.230. The summed E-state index contributed by atoms with van der Waals surface area (Å²) in [5.41, 5.74) is 2.97. The molecule has 1 aliphatic heterocycles.